The molecule has 0 aliphatic carbocycles. The quantitative estimate of drug-likeness (QED) is 0.478. The van der Waals surface area contributed by atoms with Gasteiger partial charge in [0.1, 0.15) is 0 Å². The van der Waals surface area contributed by atoms with Crippen molar-refractivity contribution in [1.29, 1.82) is 5.41 Å². The van der Waals surface area contributed by atoms with Crippen molar-refractivity contribution < 1.29 is 0 Å². The molecule has 0 amide bonds. The Kier molecular flexibility index (Phi) is 4.03. The number of nitrogens with two attached hydrogens (primary N) is 1. The van der Waals surface area contributed by atoms with Gasteiger partial charge in [0.15, 0.2) is 0 Å². The molecule has 0 bridgehead atoms. The molecule has 1 heterocycles. The van der Waals surface area contributed by atoms with E-state index in [-0.39, 0.29) is 4.82 Å². The summed E-state index contributed by atoms with van der Waals surface area (Å²) in [6.45, 7) is 0. The van der Waals surface area contributed by atoms with Gasteiger partial charge in [0.25, 0.3) is 0 Å². The summed E-state index contributed by atoms with van der Waals surface area (Å²) in [6, 6.07) is 10.4. The van der Waals surface area contributed by atoms with E-state index in [1.807, 2.05) is 6.07 Å². The molecular formula is C12H12N2Se2. The third kappa shape index (κ3) is 2.87. The van der Waals surface area contributed by atoms with Crippen LogP contribution in [-0.2, 0) is 0 Å². The standard InChI is InChI=1S/C12H12N2Se2/c13-12(14)11-10(7-4-8-15-11)16-9-5-2-1-3-6-9/h1-8,11H,(H3,13,14). The van der Waals surface area contributed by atoms with E-state index in [9.17, 15) is 0 Å². The minimum absolute atomic E-state index is 0.178. The second kappa shape index (κ2) is 5.51. The molecule has 2 rings (SSSR count). The Hall–Kier alpha value is -0.791. The van der Waals surface area contributed by atoms with Crippen LogP contribution in [0.4, 0.5) is 0 Å². The second-order valence-electron chi connectivity index (χ2n) is 3.28. The number of allylic oxidation sites excluding steroid dienone is 2. The summed E-state index contributed by atoms with van der Waals surface area (Å²) in [4.78, 5) is 2.32. The van der Waals surface area contributed by atoms with Crippen LogP contribution in [0.2, 0.25) is 4.82 Å². The molecule has 0 saturated carbocycles. The van der Waals surface area contributed by atoms with E-state index in [0.29, 0.717) is 35.7 Å². The van der Waals surface area contributed by atoms with Gasteiger partial charge in [-0.1, -0.05) is 0 Å². The van der Waals surface area contributed by atoms with Crippen molar-refractivity contribution in [1.82, 2.24) is 0 Å². The van der Waals surface area contributed by atoms with Gasteiger partial charge < -0.3 is 0 Å². The fourth-order valence-corrected chi connectivity index (χ4v) is 5.90. The molecule has 0 saturated heterocycles. The zero-order chi connectivity index (χ0) is 11.4. The predicted molar refractivity (Wildman–Crippen MR) is 70.5 cm³/mol. The first-order valence-electron chi connectivity index (χ1n) is 4.86. The molecular weight excluding hydrogens is 330 g/mol. The Labute approximate surface area is 108 Å². The summed E-state index contributed by atoms with van der Waals surface area (Å²) in [5.74, 6) is 0.313. The summed E-state index contributed by atoms with van der Waals surface area (Å²) < 4.78 is 2.67. The molecule has 1 atom stereocenters. The van der Waals surface area contributed by atoms with E-state index >= 15 is 0 Å². The van der Waals surface area contributed by atoms with Gasteiger partial charge in [0.2, 0.25) is 0 Å². The molecule has 1 aromatic rings. The molecule has 1 aliphatic heterocycles. The van der Waals surface area contributed by atoms with Crippen LogP contribution >= 0.6 is 0 Å². The molecule has 16 heavy (non-hydrogen) atoms. The first kappa shape index (κ1) is 11.7. The van der Waals surface area contributed by atoms with Crippen molar-refractivity contribution in [3.8, 4) is 0 Å². The first-order chi connectivity index (χ1) is 7.77. The Morgan fingerprint density at radius 1 is 1.31 bits per heavy atom. The zero-order valence-electron chi connectivity index (χ0n) is 8.59. The van der Waals surface area contributed by atoms with Crippen LogP contribution in [0.3, 0.4) is 0 Å². The van der Waals surface area contributed by atoms with Crippen LogP contribution in [0, 0.1) is 5.41 Å². The van der Waals surface area contributed by atoms with Crippen LogP contribution in [0.5, 0.6) is 0 Å². The van der Waals surface area contributed by atoms with Crippen LogP contribution in [0.15, 0.2) is 51.9 Å². The molecule has 2 nitrogen and oxygen atoms in total. The Balaban J connectivity index is 2.16. The molecule has 1 aliphatic rings. The van der Waals surface area contributed by atoms with E-state index in [2.05, 4.69) is 41.4 Å². The molecule has 1 unspecified atom stereocenters. The van der Waals surface area contributed by atoms with Crippen LogP contribution in [0.25, 0.3) is 0 Å². The van der Waals surface area contributed by atoms with Gasteiger partial charge in [-0.2, -0.15) is 0 Å². The molecule has 0 radical (unpaired) electrons. The number of hydrogen-bond donors (Lipinski definition) is 2. The Morgan fingerprint density at radius 2 is 2.06 bits per heavy atom. The first-order valence-corrected chi connectivity index (χ1v) is 8.55. The van der Waals surface area contributed by atoms with Crippen molar-refractivity contribution in [2.24, 2.45) is 5.73 Å². The summed E-state index contributed by atoms with van der Waals surface area (Å²) in [5, 5.41) is 7.61. The number of rotatable bonds is 3. The zero-order valence-corrected chi connectivity index (χ0v) is 12.0. The topological polar surface area (TPSA) is 49.9 Å². The van der Waals surface area contributed by atoms with Gasteiger partial charge in [-0.15, -0.1) is 0 Å². The van der Waals surface area contributed by atoms with Gasteiger partial charge in [-0.3, -0.25) is 0 Å². The van der Waals surface area contributed by atoms with Crippen LogP contribution < -0.4 is 10.2 Å². The number of nitrogens with one attached hydrogen (secondary N) is 1. The van der Waals surface area contributed by atoms with Gasteiger partial charge >= 0.3 is 108 Å². The molecule has 82 valence electrons. The van der Waals surface area contributed by atoms with Crippen molar-refractivity contribution in [3.05, 3.63) is 51.9 Å². The van der Waals surface area contributed by atoms with Gasteiger partial charge in [0.05, 0.1) is 0 Å². The third-order valence-corrected chi connectivity index (χ3v) is 7.47. The molecule has 4 heteroatoms. The van der Waals surface area contributed by atoms with Crippen molar-refractivity contribution >= 4 is 40.2 Å². The third-order valence-electron chi connectivity index (χ3n) is 2.07. The van der Waals surface area contributed by atoms with Crippen molar-refractivity contribution in [2.75, 3.05) is 0 Å². The van der Waals surface area contributed by atoms with Gasteiger partial charge in [-0.25, -0.2) is 0 Å². The van der Waals surface area contributed by atoms with E-state index < -0.39 is 0 Å². The fraction of sp³-hybridized carbons (Fsp3) is 0.0833. The number of hydrogen-bond acceptors (Lipinski definition) is 1. The maximum atomic E-state index is 7.61. The molecule has 0 spiro atoms. The SMILES string of the molecule is N=C(N)C1[Se]C=CC=C1[Se]c1ccccc1. The van der Waals surface area contributed by atoms with E-state index in [1.54, 1.807) is 0 Å². The van der Waals surface area contributed by atoms with E-state index in [1.165, 1.54) is 8.93 Å². The van der Waals surface area contributed by atoms with Crippen LogP contribution in [0.1, 0.15) is 0 Å². The summed E-state index contributed by atoms with van der Waals surface area (Å²) in [6.07, 6.45) is 4.23. The van der Waals surface area contributed by atoms with Crippen molar-refractivity contribution in [2.45, 2.75) is 4.82 Å². The van der Waals surface area contributed by atoms with E-state index in [0.717, 1.165) is 0 Å². The Morgan fingerprint density at radius 3 is 2.75 bits per heavy atom. The molecule has 3 N–H and O–H groups in total. The number of benzene rings is 1. The minimum atomic E-state index is 0.178. The predicted octanol–water partition coefficient (Wildman–Crippen LogP) is 0.856. The average Bonchev–Trinajstić information content (AvgIpc) is 2.31. The second-order valence-corrected chi connectivity index (χ2v) is 7.82. The number of amidine groups is 1. The van der Waals surface area contributed by atoms with Crippen molar-refractivity contribution in [3.63, 3.8) is 0 Å². The Bertz CT molecular complexity index is 438. The molecule has 0 aromatic heterocycles. The maximum absolute atomic E-state index is 7.61. The average molecular weight is 342 g/mol. The normalized spacial score (nSPS) is 19.2. The summed E-state index contributed by atoms with van der Waals surface area (Å²) in [7, 11) is 0. The molecule has 0 fully saturated rings. The van der Waals surface area contributed by atoms with Gasteiger partial charge in [-0.05, 0) is 0 Å². The van der Waals surface area contributed by atoms with Crippen LogP contribution in [-0.4, -0.2) is 35.7 Å². The molecule has 1 aromatic carbocycles. The summed E-state index contributed by atoms with van der Waals surface area (Å²) >= 11 is 0.608. The fourth-order valence-electron chi connectivity index (χ4n) is 1.35. The van der Waals surface area contributed by atoms with E-state index in [4.69, 9.17) is 11.1 Å². The van der Waals surface area contributed by atoms with Gasteiger partial charge in [0, 0.05) is 0 Å². The summed E-state index contributed by atoms with van der Waals surface area (Å²) in [5.41, 5.74) is 5.65. The monoisotopic (exact) mass is 344 g/mol.